The van der Waals surface area contributed by atoms with Crippen LogP contribution >= 0.6 is 0 Å². The number of likely N-dealkylation sites (tertiary alicyclic amines) is 1. The van der Waals surface area contributed by atoms with Crippen LogP contribution in [0.3, 0.4) is 0 Å². The zero-order valence-electron chi connectivity index (χ0n) is 11.8. The average Bonchev–Trinajstić information content (AvgIpc) is 2.92. The molecule has 2 bridgehead atoms. The van der Waals surface area contributed by atoms with Gasteiger partial charge in [0.1, 0.15) is 5.60 Å². The smallest absolute Gasteiger partial charge is 0.410 e. The van der Waals surface area contributed by atoms with Gasteiger partial charge in [0.05, 0.1) is 6.04 Å². The highest BCUT2D eigenvalue weighted by Gasteiger charge is 2.56. The zero-order valence-corrected chi connectivity index (χ0v) is 11.8. The van der Waals surface area contributed by atoms with Gasteiger partial charge in [-0.3, -0.25) is 4.90 Å². The summed E-state index contributed by atoms with van der Waals surface area (Å²) in [4.78, 5) is 16.8. The molecule has 4 nitrogen and oxygen atoms in total. The van der Waals surface area contributed by atoms with Gasteiger partial charge in [-0.05, 0) is 52.5 Å². The van der Waals surface area contributed by atoms with Gasteiger partial charge in [0.15, 0.2) is 0 Å². The first-order valence-corrected chi connectivity index (χ1v) is 7.05. The molecule has 0 spiro atoms. The normalized spacial score (nSPS) is 39.2. The number of fused-ring (bicyclic) bond motifs is 4. The van der Waals surface area contributed by atoms with Crippen LogP contribution < -0.4 is 0 Å². The molecule has 0 aromatic heterocycles. The molecule has 2 aliphatic heterocycles. The monoisotopic (exact) mass is 252 g/mol. The van der Waals surface area contributed by atoms with Gasteiger partial charge in [0.2, 0.25) is 0 Å². The van der Waals surface area contributed by atoms with Gasteiger partial charge < -0.3 is 9.64 Å². The van der Waals surface area contributed by atoms with Gasteiger partial charge in [-0.25, -0.2) is 4.79 Å². The average molecular weight is 252 g/mol. The molecule has 0 aromatic rings. The number of rotatable bonds is 0. The molecule has 1 aliphatic carbocycles. The van der Waals surface area contributed by atoms with Crippen LogP contribution in [0, 0.1) is 11.8 Å². The minimum absolute atomic E-state index is 0.101. The lowest BCUT2D eigenvalue weighted by Gasteiger charge is -2.48. The van der Waals surface area contributed by atoms with E-state index in [4.69, 9.17) is 4.74 Å². The first-order chi connectivity index (χ1) is 8.35. The summed E-state index contributed by atoms with van der Waals surface area (Å²) in [5, 5.41) is 0. The predicted octanol–water partition coefficient (Wildman–Crippen LogP) is 1.95. The second kappa shape index (κ2) is 3.86. The zero-order chi connectivity index (χ0) is 13.1. The molecule has 18 heavy (non-hydrogen) atoms. The summed E-state index contributed by atoms with van der Waals surface area (Å²) in [6.07, 6.45) is 2.38. The van der Waals surface area contributed by atoms with E-state index in [1.807, 2.05) is 20.8 Å². The maximum Gasteiger partial charge on any atom is 0.410 e. The number of carbonyl (C=O) groups excluding carboxylic acids is 1. The third-order valence-electron chi connectivity index (χ3n) is 4.42. The van der Waals surface area contributed by atoms with Gasteiger partial charge >= 0.3 is 6.09 Å². The molecule has 0 radical (unpaired) electrons. The number of hydrogen-bond donors (Lipinski definition) is 0. The topological polar surface area (TPSA) is 32.8 Å². The van der Waals surface area contributed by atoms with E-state index < -0.39 is 5.60 Å². The lowest BCUT2D eigenvalue weighted by atomic mass is 9.92. The predicted molar refractivity (Wildman–Crippen MR) is 69.4 cm³/mol. The minimum Gasteiger partial charge on any atom is -0.444 e. The van der Waals surface area contributed by atoms with Gasteiger partial charge in [-0.2, -0.15) is 0 Å². The van der Waals surface area contributed by atoms with E-state index in [2.05, 4.69) is 16.8 Å². The van der Waals surface area contributed by atoms with Gasteiger partial charge in [0.25, 0.3) is 0 Å². The van der Waals surface area contributed by atoms with Crippen molar-refractivity contribution in [2.75, 3.05) is 20.1 Å². The maximum absolute atomic E-state index is 12.4. The number of piperidine rings is 1. The quantitative estimate of drug-likeness (QED) is 0.660. The summed E-state index contributed by atoms with van der Waals surface area (Å²) in [7, 11) is 2.16. The Morgan fingerprint density at radius 1 is 1.22 bits per heavy atom. The fourth-order valence-corrected chi connectivity index (χ4v) is 3.69. The molecule has 1 amide bonds. The molecule has 3 fully saturated rings. The summed E-state index contributed by atoms with van der Waals surface area (Å²) in [5.41, 5.74) is -0.391. The van der Waals surface area contributed by atoms with Crippen molar-refractivity contribution >= 4 is 6.09 Å². The van der Waals surface area contributed by atoms with Gasteiger partial charge in [0, 0.05) is 19.1 Å². The Morgan fingerprint density at radius 2 is 1.94 bits per heavy atom. The fraction of sp³-hybridized carbons (Fsp3) is 0.929. The van der Waals surface area contributed by atoms with E-state index in [9.17, 15) is 4.79 Å². The van der Waals surface area contributed by atoms with Crippen molar-refractivity contribution in [3.05, 3.63) is 0 Å². The van der Waals surface area contributed by atoms with E-state index in [0.717, 1.165) is 24.9 Å². The van der Waals surface area contributed by atoms with E-state index in [0.29, 0.717) is 12.1 Å². The Labute approximate surface area is 109 Å². The summed E-state index contributed by atoms with van der Waals surface area (Å²) in [6, 6.07) is 0.759. The van der Waals surface area contributed by atoms with Crippen molar-refractivity contribution in [1.29, 1.82) is 0 Å². The van der Waals surface area contributed by atoms with Crippen molar-refractivity contribution in [3.8, 4) is 0 Å². The lowest BCUT2D eigenvalue weighted by Crippen LogP contribution is -2.63. The second-order valence-electron chi connectivity index (χ2n) is 7.23. The van der Waals surface area contributed by atoms with E-state index >= 15 is 0 Å². The Hall–Kier alpha value is -0.770. The first kappa shape index (κ1) is 12.3. The van der Waals surface area contributed by atoms with Crippen LogP contribution in [0.5, 0.6) is 0 Å². The van der Waals surface area contributed by atoms with Crippen molar-refractivity contribution in [2.45, 2.75) is 51.3 Å². The van der Waals surface area contributed by atoms with Gasteiger partial charge in [-0.15, -0.1) is 0 Å². The van der Waals surface area contributed by atoms with E-state index in [1.54, 1.807) is 0 Å². The molecule has 2 saturated heterocycles. The molecule has 3 aliphatic rings. The lowest BCUT2D eigenvalue weighted by molar-refractivity contribution is -0.0362. The summed E-state index contributed by atoms with van der Waals surface area (Å²) >= 11 is 0. The largest absolute Gasteiger partial charge is 0.444 e. The van der Waals surface area contributed by atoms with Crippen LogP contribution in [0.1, 0.15) is 33.6 Å². The molecule has 4 atom stereocenters. The van der Waals surface area contributed by atoms with E-state index in [-0.39, 0.29) is 6.09 Å². The molecule has 2 heterocycles. The number of ether oxygens (including phenoxy) is 1. The van der Waals surface area contributed by atoms with Crippen LogP contribution in [0.2, 0.25) is 0 Å². The molecule has 4 unspecified atom stereocenters. The second-order valence-corrected chi connectivity index (χ2v) is 7.23. The molecule has 4 heteroatoms. The molecule has 1 saturated carbocycles. The van der Waals surface area contributed by atoms with Crippen LogP contribution in [-0.4, -0.2) is 53.7 Å². The van der Waals surface area contributed by atoms with Crippen molar-refractivity contribution in [1.82, 2.24) is 9.80 Å². The molecular formula is C14H24N2O2. The number of likely N-dealkylation sites (N-methyl/N-ethyl adjacent to an activating group) is 1. The minimum atomic E-state index is -0.391. The number of carbonyl (C=O) groups is 1. The molecule has 102 valence electrons. The highest BCUT2D eigenvalue weighted by molar-refractivity contribution is 5.69. The SMILES string of the molecule is CN1CC2CC3CC3C(C1)N2C(=O)OC(C)(C)C. The Bertz CT molecular complexity index is 361. The first-order valence-electron chi connectivity index (χ1n) is 7.05. The Balaban J connectivity index is 1.77. The summed E-state index contributed by atoms with van der Waals surface area (Å²) in [5.74, 6) is 1.61. The van der Waals surface area contributed by atoms with Crippen molar-refractivity contribution in [2.24, 2.45) is 11.8 Å². The summed E-state index contributed by atoms with van der Waals surface area (Å²) < 4.78 is 5.58. The van der Waals surface area contributed by atoms with Gasteiger partial charge in [-0.1, -0.05) is 0 Å². The molecular weight excluding hydrogens is 228 g/mol. The third kappa shape index (κ3) is 2.11. The maximum atomic E-state index is 12.4. The fourth-order valence-electron chi connectivity index (χ4n) is 3.69. The van der Waals surface area contributed by atoms with E-state index in [1.165, 1.54) is 12.8 Å². The van der Waals surface area contributed by atoms with Crippen molar-refractivity contribution in [3.63, 3.8) is 0 Å². The number of hydrogen-bond acceptors (Lipinski definition) is 3. The Morgan fingerprint density at radius 3 is 2.61 bits per heavy atom. The molecule has 0 N–H and O–H groups in total. The molecule has 0 aromatic carbocycles. The number of piperazine rings is 1. The molecule has 3 rings (SSSR count). The Kier molecular flexibility index (Phi) is 2.63. The highest BCUT2D eigenvalue weighted by atomic mass is 16.6. The third-order valence-corrected chi connectivity index (χ3v) is 4.42. The number of nitrogens with zero attached hydrogens (tertiary/aromatic N) is 2. The van der Waals surface area contributed by atoms with Crippen LogP contribution in [0.25, 0.3) is 0 Å². The van der Waals surface area contributed by atoms with Crippen LogP contribution in [0.4, 0.5) is 4.79 Å². The number of amides is 1. The standard InChI is InChI=1S/C14H24N2O2/c1-14(2,3)18-13(17)16-10-5-9-6-11(9)12(16)8-15(4)7-10/h9-12H,5-8H2,1-4H3. The highest BCUT2D eigenvalue weighted by Crippen LogP contribution is 2.52. The summed E-state index contributed by atoms with van der Waals surface area (Å²) in [6.45, 7) is 7.83. The van der Waals surface area contributed by atoms with Crippen LogP contribution in [-0.2, 0) is 4.74 Å². The van der Waals surface area contributed by atoms with Crippen LogP contribution in [0.15, 0.2) is 0 Å². The van der Waals surface area contributed by atoms with Crippen molar-refractivity contribution < 1.29 is 9.53 Å².